The Balaban J connectivity index is 1.60. The lowest BCUT2D eigenvalue weighted by atomic mass is 9.94. The van der Waals surface area contributed by atoms with Crippen molar-refractivity contribution in [3.05, 3.63) is 127 Å². The molecule has 0 radical (unpaired) electrons. The number of esters is 1. The molecule has 232 valence electrons. The number of benzene rings is 3. The Morgan fingerprint density at radius 2 is 1.91 bits per heavy atom. The van der Waals surface area contributed by atoms with Gasteiger partial charge in [-0.1, -0.05) is 47.2 Å². The lowest BCUT2D eigenvalue weighted by Gasteiger charge is -2.24. The summed E-state index contributed by atoms with van der Waals surface area (Å²) in [5, 5.41) is 12.4. The van der Waals surface area contributed by atoms with E-state index in [4.69, 9.17) is 25.8 Å². The predicted molar refractivity (Wildman–Crippen MR) is 175 cm³/mol. The summed E-state index contributed by atoms with van der Waals surface area (Å²) in [5.41, 5.74) is 2.37. The third-order valence-electron chi connectivity index (χ3n) is 7.11. The molecule has 1 aliphatic rings. The fourth-order valence-electron chi connectivity index (χ4n) is 4.95. The topological polar surface area (TPSA) is 122 Å². The summed E-state index contributed by atoms with van der Waals surface area (Å²) in [6.07, 6.45) is 1.69. The summed E-state index contributed by atoms with van der Waals surface area (Å²) in [6.45, 7) is 5.35. The molecule has 0 bridgehead atoms. The zero-order valence-corrected chi connectivity index (χ0v) is 27.8. The second kappa shape index (κ2) is 13.4. The molecule has 0 spiro atoms. The number of nitro benzene ring substituents is 1. The van der Waals surface area contributed by atoms with E-state index in [0.29, 0.717) is 52.7 Å². The first-order chi connectivity index (χ1) is 21.5. The predicted octanol–water partition coefficient (Wildman–Crippen LogP) is 6.02. The van der Waals surface area contributed by atoms with E-state index in [1.807, 2.05) is 12.1 Å². The van der Waals surface area contributed by atoms with E-state index in [1.165, 1.54) is 17.7 Å². The van der Waals surface area contributed by atoms with E-state index in [0.717, 1.165) is 16.9 Å². The fraction of sp³-hybridized carbons (Fsp3) is 0.219. The second-order valence-corrected chi connectivity index (χ2v) is 12.4. The van der Waals surface area contributed by atoms with Gasteiger partial charge < -0.3 is 14.2 Å². The summed E-state index contributed by atoms with van der Waals surface area (Å²) in [7, 11) is 1.52. The molecule has 5 rings (SSSR count). The van der Waals surface area contributed by atoms with Gasteiger partial charge in [-0.15, -0.1) is 0 Å². The van der Waals surface area contributed by atoms with Crippen molar-refractivity contribution in [2.45, 2.75) is 33.4 Å². The van der Waals surface area contributed by atoms with Crippen molar-refractivity contribution in [3.8, 4) is 11.5 Å². The van der Waals surface area contributed by atoms with Gasteiger partial charge in [-0.2, -0.15) is 0 Å². The number of methoxy groups -OCH3 is 1. The van der Waals surface area contributed by atoms with Gasteiger partial charge in [0.15, 0.2) is 16.3 Å². The smallest absolute Gasteiger partial charge is 0.338 e. The number of allylic oxidation sites excluding steroid dienone is 1. The molecular formula is C32H27BrClN3O7S. The minimum atomic E-state index is -0.980. The van der Waals surface area contributed by atoms with Gasteiger partial charge in [-0.25, -0.2) is 9.79 Å². The molecule has 1 aliphatic heterocycles. The molecule has 13 heteroatoms. The monoisotopic (exact) mass is 711 g/mol. The quantitative estimate of drug-likeness (QED) is 0.118. The standard InChI is InChI=1S/C32H27BrClN3O7S/c1-5-43-31(39)27-18(3)35-32-36(28(27)21-9-6-17(2)24(15-21)37(40)41)30(38)26(45-32)14-20-12-23(33)29(25(13-20)42-4)44-16-19-7-10-22(34)11-8-19/h6-15,28H,5,16H2,1-4H3/b26-14+/t28-/m0/s1. The van der Waals surface area contributed by atoms with Gasteiger partial charge in [0.05, 0.1) is 45.0 Å². The van der Waals surface area contributed by atoms with Crippen LogP contribution in [0.4, 0.5) is 5.69 Å². The van der Waals surface area contributed by atoms with Crippen LogP contribution in [0.25, 0.3) is 6.08 Å². The average molecular weight is 713 g/mol. The summed E-state index contributed by atoms with van der Waals surface area (Å²) < 4.78 is 19.3. The minimum Gasteiger partial charge on any atom is -0.493 e. The number of rotatable bonds is 9. The number of thiazole rings is 1. The van der Waals surface area contributed by atoms with Crippen molar-refractivity contribution < 1.29 is 23.9 Å². The van der Waals surface area contributed by atoms with Gasteiger partial charge in [0.25, 0.3) is 11.2 Å². The minimum absolute atomic E-state index is 0.108. The van der Waals surface area contributed by atoms with Crippen LogP contribution in [-0.2, 0) is 16.1 Å². The van der Waals surface area contributed by atoms with Crippen LogP contribution >= 0.6 is 38.9 Å². The summed E-state index contributed by atoms with van der Waals surface area (Å²) >= 11 is 10.7. The molecule has 3 aromatic carbocycles. The van der Waals surface area contributed by atoms with Crippen LogP contribution in [0.1, 0.15) is 42.1 Å². The van der Waals surface area contributed by atoms with Crippen LogP contribution < -0.4 is 24.4 Å². The van der Waals surface area contributed by atoms with Gasteiger partial charge in [-0.3, -0.25) is 19.5 Å². The summed E-state index contributed by atoms with van der Waals surface area (Å²) in [6, 6.07) is 14.5. The van der Waals surface area contributed by atoms with E-state index >= 15 is 0 Å². The number of carbonyl (C=O) groups excluding carboxylic acids is 1. The number of carbonyl (C=O) groups is 1. The van der Waals surface area contributed by atoms with Crippen molar-refractivity contribution in [1.82, 2.24) is 4.57 Å². The first kappa shape index (κ1) is 32.1. The lowest BCUT2D eigenvalue weighted by Crippen LogP contribution is -2.40. The number of aryl methyl sites for hydroxylation is 1. The summed E-state index contributed by atoms with van der Waals surface area (Å²) in [4.78, 5) is 43.4. The molecule has 4 aromatic rings. The molecule has 0 saturated heterocycles. The Labute approximate surface area is 275 Å². The summed E-state index contributed by atoms with van der Waals surface area (Å²) in [5.74, 6) is 0.286. The van der Waals surface area contributed by atoms with E-state index in [9.17, 15) is 19.7 Å². The van der Waals surface area contributed by atoms with Crippen molar-refractivity contribution in [2.24, 2.45) is 4.99 Å². The second-order valence-electron chi connectivity index (χ2n) is 10.1. The molecule has 45 heavy (non-hydrogen) atoms. The van der Waals surface area contributed by atoms with Gasteiger partial charge in [0, 0.05) is 16.7 Å². The zero-order chi connectivity index (χ0) is 32.4. The first-order valence-corrected chi connectivity index (χ1v) is 15.7. The first-order valence-electron chi connectivity index (χ1n) is 13.7. The van der Waals surface area contributed by atoms with Crippen molar-refractivity contribution in [1.29, 1.82) is 0 Å². The Morgan fingerprint density at radius 1 is 1.18 bits per heavy atom. The Bertz CT molecular complexity index is 2040. The molecule has 0 fully saturated rings. The van der Waals surface area contributed by atoms with Crippen LogP contribution in [0, 0.1) is 17.0 Å². The van der Waals surface area contributed by atoms with Gasteiger partial charge in [0.2, 0.25) is 0 Å². The molecule has 0 amide bonds. The lowest BCUT2D eigenvalue weighted by molar-refractivity contribution is -0.385. The number of ether oxygens (including phenoxy) is 3. The third-order valence-corrected chi connectivity index (χ3v) is 8.93. The SMILES string of the molecule is CCOC(=O)C1=C(C)N=c2s/c(=C/c3cc(Br)c(OCc4ccc(Cl)cc4)c(OC)c3)c(=O)n2[C@H]1c1ccc(C)c([N+](=O)[O-])c1. The molecular weight excluding hydrogens is 686 g/mol. The van der Waals surface area contributed by atoms with Gasteiger partial charge >= 0.3 is 5.97 Å². The molecule has 2 heterocycles. The number of halogens is 2. The van der Waals surface area contributed by atoms with Crippen LogP contribution in [0.2, 0.25) is 5.02 Å². The van der Waals surface area contributed by atoms with Gasteiger partial charge in [0.1, 0.15) is 6.61 Å². The van der Waals surface area contributed by atoms with E-state index in [1.54, 1.807) is 63.2 Å². The highest BCUT2D eigenvalue weighted by Crippen LogP contribution is 2.38. The Morgan fingerprint density at radius 3 is 2.58 bits per heavy atom. The molecule has 1 atom stereocenters. The number of nitro groups is 1. The molecule has 10 nitrogen and oxygen atoms in total. The maximum absolute atomic E-state index is 14.0. The van der Waals surface area contributed by atoms with E-state index < -0.39 is 22.5 Å². The number of aromatic nitrogens is 1. The number of hydrogen-bond donors (Lipinski definition) is 0. The van der Waals surface area contributed by atoms with Crippen LogP contribution in [0.5, 0.6) is 11.5 Å². The Hall–Kier alpha value is -4.26. The highest BCUT2D eigenvalue weighted by Gasteiger charge is 2.34. The van der Waals surface area contributed by atoms with Crippen LogP contribution in [0.3, 0.4) is 0 Å². The molecule has 0 N–H and O–H groups in total. The average Bonchev–Trinajstić information content (AvgIpc) is 3.30. The van der Waals surface area contributed by atoms with Gasteiger partial charge in [-0.05, 0) is 83.7 Å². The highest BCUT2D eigenvalue weighted by molar-refractivity contribution is 9.10. The zero-order valence-electron chi connectivity index (χ0n) is 24.6. The van der Waals surface area contributed by atoms with Crippen molar-refractivity contribution in [3.63, 3.8) is 0 Å². The molecule has 1 aromatic heterocycles. The maximum Gasteiger partial charge on any atom is 0.338 e. The maximum atomic E-state index is 14.0. The van der Waals surface area contributed by atoms with Crippen molar-refractivity contribution >= 4 is 56.6 Å². The normalized spacial score (nSPS) is 14.5. The number of nitrogens with zero attached hydrogens (tertiary/aromatic N) is 3. The number of fused-ring (bicyclic) bond motifs is 1. The third kappa shape index (κ3) is 6.58. The van der Waals surface area contributed by atoms with Crippen LogP contribution in [-0.4, -0.2) is 29.2 Å². The Kier molecular flexibility index (Phi) is 9.56. The molecule has 0 unspecified atom stereocenters. The van der Waals surface area contributed by atoms with E-state index in [2.05, 4.69) is 20.9 Å². The van der Waals surface area contributed by atoms with Crippen molar-refractivity contribution in [2.75, 3.05) is 13.7 Å². The fourth-order valence-corrected chi connectivity index (χ4v) is 6.70. The largest absolute Gasteiger partial charge is 0.493 e. The van der Waals surface area contributed by atoms with Crippen LogP contribution in [0.15, 0.2) is 80.1 Å². The highest BCUT2D eigenvalue weighted by atomic mass is 79.9. The van der Waals surface area contributed by atoms with E-state index in [-0.39, 0.29) is 24.5 Å². The molecule has 0 aliphatic carbocycles. The number of hydrogen-bond acceptors (Lipinski definition) is 9. The molecule has 0 saturated carbocycles.